The summed E-state index contributed by atoms with van der Waals surface area (Å²) in [5.41, 5.74) is 0. The van der Waals surface area contributed by atoms with Gasteiger partial charge in [-0.2, -0.15) is 0 Å². The van der Waals surface area contributed by atoms with Gasteiger partial charge in [-0.1, -0.05) is 39.7 Å². The molecule has 30 heavy (non-hydrogen) atoms. The molecular weight excluding hydrogens is 389 g/mol. The second kappa shape index (κ2) is 15.8. The molecule has 8 nitrogen and oxygen atoms in total. The van der Waals surface area contributed by atoms with Crippen molar-refractivity contribution in [3.05, 3.63) is 12.7 Å². The lowest BCUT2D eigenvalue weighted by Gasteiger charge is -2.46. The fraction of sp³-hybridized carbons (Fsp3) is 0.857. The highest BCUT2D eigenvalue weighted by Crippen LogP contribution is 2.30. The van der Waals surface area contributed by atoms with Crippen LogP contribution in [0.1, 0.15) is 52.9 Å². The summed E-state index contributed by atoms with van der Waals surface area (Å²) < 4.78 is 30.3. The van der Waals surface area contributed by atoms with Crippen LogP contribution in [0.15, 0.2) is 12.7 Å². The molecule has 0 aromatic heterocycles. The van der Waals surface area contributed by atoms with E-state index in [1.165, 1.54) is 6.08 Å². The monoisotopic (exact) mass is 429 g/mol. The first-order chi connectivity index (χ1) is 14.6. The Labute approximate surface area is 182 Å². The van der Waals surface area contributed by atoms with Crippen molar-refractivity contribution >= 4 is 14.5 Å². The second-order valence-corrected chi connectivity index (χ2v) is 7.48. The van der Waals surface area contributed by atoms with Crippen molar-refractivity contribution < 1.29 is 33.5 Å². The Hall–Kier alpha value is -0.965. The zero-order valence-corrected chi connectivity index (χ0v) is 19.0. The van der Waals surface area contributed by atoms with Gasteiger partial charge in [0.05, 0.1) is 31.0 Å². The number of nitrogens with one attached hydrogen (secondary N) is 1. The number of aliphatic hydroxyl groups is 1. The zero-order valence-electron chi connectivity index (χ0n) is 19.0. The first kappa shape index (κ1) is 27.1. The van der Waals surface area contributed by atoms with E-state index in [1.54, 1.807) is 8.05 Å². The largest absolute Gasteiger partial charge is 0.436 e. The van der Waals surface area contributed by atoms with E-state index in [2.05, 4.69) is 25.7 Å². The van der Waals surface area contributed by atoms with E-state index >= 15 is 0 Å². The van der Waals surface area contributed by atoms with Crippen LogP contribution in [-0.2, 0) is 28.4 Å². The van der Waals surface area contributed by atoms with Crippen LogP contribution in [0.25, 0.3) is 0 Å². The van der Waals surface area contributed by atoms with E-state index < -0.39 is 24.5 Å². The zero-order chi connectivity index (χ0) is 22.4. The van der Waals surface area contributed by atoms with E-state index in [9.17, 15) is 9.90 Å². The first-order valence-corrected chi connectivity index (χ1v) is 11.1. The van der Waals surface area contributed by atoms with Crippen LogP contribution in [0.5, 0.6) is 0 Å². The Kier molecular flexibility index (Phi) is 14.2. The fourth-order valence-corrected chi connectivity index (χ4v) is 3.42. The maximum Gasteiger partial charge on any atom is 0.257 e. The minimum absolute atomic E-state index is 0.0417. The molecule has 0 aromatic carbocycles. The number of carbonyl (C=O) groups excluding carboxylic acids is 1. The highest BCUT2D eigenvalue weighted by Gasteiger charge is 2.47. The van der Waals surface area contributed by atoms with E-state index in [4.69, 9.17) is 23.6 Å². The fourth-order valence-electron chi connectivity index (χ4n) is 3.42. The number of unbranched alkanes of at least 4 members (excludes halogenated alkanes) is 2. The van der Waals surface area contributed by atoms with Crippen molar-refractivity contribution in [2.45, 2.75) is 95.7 Å². The average Bonchev–Trinajstić information content (AvgIpc) is 2.76. The van der Waals surface area contributed by atoms with Crippen LogP contribution in [0.4, 0.5) is 0 Å². The molecule has 5 unspecified atom stereocenters. The normalized spacial score (nSPS) is 28.6. The maximum atomic E-state index is 10.9. The van der Waals surface area contributed by atoms with Crippen molar-refractivity contribution in [1.29, 1.82) is 0 Å². The van der Waals surface area contributed by atoms with Crippen LogP contribution in [-0.4, -0.2) is 82.2 Å². The molecule has 2 N–H and O–H groups in total. The predicted molar refractivity (Wildman–Crippen MR) is 117 cm³/mol. The molecule has 1 fully saturated rings. The number of ether oxygens (including phenoxy) is 4. The van der Waals surface area contributed by atoms with Gasteiger partial charge in [-0.25, -0.2) is 0 Å². The Bertz CT molecular complexity index is 471. The van der Waals surface area contributed by atoms with Crippen molar-refractivity contribution in [3.8, 4) is 0 Å². The van der Waals surface area contributed by atoms with Gasteiger partial charge in [0.25, 0.3) is 8.05 Å². The van der Waals surface area contributed by atoms with E-state index in [1.807, 2.05) is 6.92 Å². The van der Waals surface area contributed by atoms with Gasteiger partial charge in [-0.05, 0) is 19.3 Å². The number of hydrogen-bond acceptors (Lipinski definition) is 7. The second-order valence-electron chi connectivity index (χ2n) is 7.48. The molecular formula is C21H40BNO7. The first-order valence-electron chi connectivity index (χ1n) is 11.1. The van der Waals surface area contributed by atoms with Gasteiger partial charge in [0.15, 0.2) is 6.29 Å². The van der Waals surface area contributed by atoms with E-state index in [-0.39, 0.29) is 24.9 Å². The van der Waals surface area contributed by atoms with Crippen LogP contribution in [0, 0.1) is 0 Å². The standard InChI is InChI=1S/C21H40BNO7/c1-5-9-11-26-19-18(30-22)17(8-4)29-21(20(19)27-12-10-6-2)28-13-15(23-14-24)16(25)7-3/h7,14-21,25H,3,5-6,8-13,22H2,1-2,4H3,(H,23,24)/t15-,16+,17?,18?,19?,20?,21?/m0/s1. The van der Waals surface area contributed by atoms with Gasteiger partial charge in [-0.15, -0.1) is 6.58 Å². The van der Waals surface area contributed by atoms with Gasteiger partial charge in [-0.3, -0.25) is 4.79 Å². The minimum atomic E-state index is -0.941. The number of hydrogen-bond donors (Lipinski definition) is 2. The van der Waals surface area contributed by atoms with Gasteiger partial charge in [0.1, 0.15) is 12.2 Å². The smallest absolute Gasteiger partial charge is 0.257 e. The Morgan fingerprint density at radius 1 is 1.10 bits per heavy atom. The third-order valence-electron chi connectivity index (χ3n) is 5.26. The minimum Gasteiger partial charge on any atom is -0.436 e. The molecule has 1 saturated heterocycles. The highest BCUT2D eigenvalue weighted by molar-refractivity contribution is 5.98. The van der Waals surface area contributed by atoms with Gasteiger partial charge < -0.3 is 34.0 Å². The van der Waals surface area contributed by atoms with Crippen molar-refractivity contribution in [3.63, 3.8) is 0 Å². The molecule has 9 heteroatoms. The summed E-state index contributed by atoms with van der Waals surface area (Å²) in [6.45, 7) is 11.0. The van der Waals surface area contributed by atoms with Crippen molar-refractivity contribution in [2.24, 2.45) is 0 Å². The summed E-state index contributed by atoms with van der Waals surface area (Å²) in [5, 5.41) is 12.6. The molecule has 1 rings (SSSR count). The number of aliphatic hydroxyl groups excluding tert-OH is 1. The average molecular weight is 429 g/mol. The Morgan fingerprint density at radius 2 is 1.73 bits per heavy atom. The third kappa shape index (κ3) is 8.28. The molecule has 1 amide bonds. The quantitative estimate of drug-likeness (QED) is 0.155. The summed E-state index contributed by atoms with van der Waals surface area (Å²) in [5.74, 6) is 0. The van der Waals surface area contributed by atoms with E-state index in [0.29, 0.717) is 19.6 Å². The van der Waals surface area contributed by atoms with Crippen LogP contribution < -0.4 is 5.32 Å². The molecule has 174 valence electrons. The molecule has 0 saturated carbocycles. The lowest BCUT2D eigenvalue weighted by atomic mass is 9.95. The van der Waals surface area contributed by atoms with Crippen LogP contribution in [0.2, 0.25) is 0 Å². The number of amides is 1. The maximum absolute atomic E-state index is 10.9. The Morgan fingerprint density at radius 3 is 2.23 bits per heavy atom. The van der Waals surface area contributed by atoms with Crippen molar-refractivity contribution in [1.82, 2.24) is 5.32 Å². The van der Waals surface area contributed by atoms with Crippen LogP contribution >= 0.6 is 0 Å². The lowest BCUT2D eigenvalue weighted by molar-refractivity contribution is -0.310. The molecule has 1 aliphatic heterocycles. The van der Waals surface area contributed by atoms with E-state index in [0.717, 1.165) is 32.1 Å². The lowest BCUT2D eigenvalue weighted by Crippen LogP contribution is -2.61. The summed E-state index contributed by atoms with van der Waals surface area (Å²) in [7, 11) is 1.65. The summed E-state index contributed by atoms with van der Waals surface area (Å²) >= 11 is 0. The topological polar surface area (TPSA) is 95.5 Å². The molecule has 0 aromatic rings. The van der Waals surface area contributed by atoms with Gasteiger partial charge in [0.2, 0.25) is 6.41 Å². The van der Waals surface area contributed by atoms with Crippen LogP contribution in [0.3, 0.4) is 0 Å². The molecule has 0 radical (unpaired) electrons. The summed E-state index contributed by atoms with van der Waals surface area (Å²) in [4.78, 5) is 10.9. The van der Waals surface area contributed by atoms with Gasteiger partial charge >= 0.3 is 0 Å². The molecule has 1 aliphatic rings. The Balaban J connectivity index is 3.00. The molecule has 7 atom stereocenters. The molecule has 0 bridgehead atoms. The third-order valence-corrected chi connectivity index (χ3v) is 5.26. The SMILES string of the molecule is BOC1C(CC)OC(OC[C@H](NC=O)[C@H](O)C=C)C(OCCCC)C1OCCCC. The summed E-state index contributed by atoms with van der Waals surface area (Å²) in [6, 6.07) is -0.639. The highest BCUT2D eigenvalue weighted by atomic mass is 16.7. The molecule has 1 heterocycles. The molecule has 0 spiro atoms. The number of carbonyl (C=O) groups is 1. The molecule has 0 aliphatic carbocycles. The van der Waals surface area contributed by atoms with Crippen molar-refractivity contribution in [2.75, 3.05) is 19.8 Å². The predicted octanol–water partition coefficient (Wildman–Crippen LogP) is 1.10. The van der Waals surface area contributed by atoms with Gasteiger partial charge in [0, 0.05) is 13.2 Å². The summed E-state index contributed by atoms with van der Waals surface area (Å²) in [6.07, 6.45) is 3.50. The number of rotatable bonds is 17.